The molecule has 0 radical (unpaired) electrons. The van der Waals surface area contributed by atoms with Crippen molar-refractivity contribution in [2.24, 2.45) is 0 Å². The number of nitriles is 1. The van der Waals surface area contributed by atoms with Gasteiger partial charge in [-0.25, -0.2) is 0 Å². The van der Waals surface area contributed by atoms with E-state index in [9.17, 15) is 10.1 Å². The zero-order valence-electron chi connectivity index (χ0n) is 19.9. The van der Waals surface area contributed by atoms with E-state index < -0.39 is 0 Å². The van der Waals surface area contributed by atoms with E-state index in [1.807, 2.05) is 72.8 Å². The summed E-state index contributed by atoms with van der Waals surface area (Å²) in [6, 6.07) is 28.7. The van der Waals surface area contributed by atoms with E-state index in [0.717, 1.165) is 66.2 Å². The number of rotatable bonds is 7. The Labute approximate surface area is 210 Å². The Kier molecular flexibility index (Phi) is 7.23. The summed E-state index contributed by atoms with van der Waals surface area (Å²) in [4.78, 5) is 15.5. The van der Waals surface area contributed by atoms with E-state index in [4.69, 9.17) is 9.47 Å². The number of anilines is 1. The average molecular weight is 478 g/mol. The van der Waals surface area contributed by atoms with Crippen LogP contribution in [0.5, 0.6) is 5.75 Å². The quantitative estimate of drug-likeness (QED) is 0.389. The fraction of sp³-hybridized carbons (Fsp3) is 0.200. The van der Waals surface area contributed by atoms with Gasteiger partial charge in [0.05, 0.1) is 24.8 Å². The summed E-state index contributed by atoms with van der Waals surface area (Å²) in [7, 11) is 0. The Morgan fingerprint density at radius 2 is 1.67 bits per heavy atom. The molecule has 0 atom stereocenters. The number of carbonyl (C=O) groups excluding carboxylic acids is 1. The summed E-state index contributed by atoms with van der Waals surface area (Å²) < 4.78 is 11.5. The van der Waals surface area contributed by atoms with Gasteiger partial charge >= 0.3 is 0 Å². The molecule has 1 aliphatic rings. The van der Waals surface area contributed by atoms with E-state index in [1.165, 1.54) is 0 Å². The number of hydrogen-bond acceptors (Lipinski definition) is 5. The maximum absolute atomic E-state index is 13.2. The molecular weight excluding hydrogens is 450 g/mol. The van der Waals surface area contributed by atoms with Crippen molar-refractivity contribution in [2.45, 2.75) is 0 Å². The van der Waals surface area contributed by atoms with Crippen LogP contribution in [-0.2, 0) is 4.74 Å². The molecular formula is C30H27N3O3. The highest BCUT2D eigenvalue weighted by atomic mass is 16.5. The molecule has 0 bridgehead atoms. The van der Waals surface area contributed by atoms with Crippen LogP contribution in [0.1, 0.15) is 15.9 Å². The second-order valence-electron chi connectivity index (χ2n) is 8.69. The molecule has 1 fully saturated rings. The standard InChI is InChI=1S/C30H27N3O3/c31-21-22-5-3-6-23(19-22)24-7-4-8-25(20-24)30(34)32-28-11-12-29(27-10-2-1-9-26(27)28)36-18-15-33-13-16-35-17-14-33/h1-12,19-20H,13-18H2,(H,32,34). The third kappa shape index (κ3) is 5.38. The molecule has 0 unspecified atom stereocenters. The summed E-state index contributed by atoms with van der Waals surface area (Å²) in [6.07, 6.45) is 0. The monoisotopic (exact) mass is 477 g/mol. The Morgan fingerprint density at radius 1 is 0.917 bits per heavy atom. The lowest BCUT2D eigenvalue weighted by atomic mass is 10.0. The third-order valence-corrected chi connectivity index (χ3v) is 6.35. The molecule has 0 saturated carbocycles. The highest BCUT2D eigenvalue weighted by molar-refractivity contribution is 6.10. The van der Waals surface area contributed by atoms with E-state index in [-0.39, 0.29) is 5.91 Å². The summed E-state index contributed by atoms with van der Waals surface area (Å²) in [5, 5.41) is 14.1. The first kappa shape index (κ1) is 23.6. The highest BCUT2D eigenvalue weighted by Gasteiger charge is 2.14. The molecule has 6 nitrogen and oxygen atoms in total. The Hall–Kier alpha value is -4.18. The van der Waals surface area contributed by atoms with E-state index in [2.05, 4.69) is 16.3 Å². The first-order valence-corrected chi connectivity index (χ1v) is 12.1. The van der Waals surface area contributed by atoms with Crippen molar-refractivity contribution in [3.8, 4) is 22.9 Å². The van der Waals surface area contributed by atoms with E-state index in [1.54, 1.807) is 12.1 Å². The van der Waals surface area contributed by atoms with Crippen LogP contribution in [0.25, 0.3) is 21.9 Å². The van der Waals surface area contributed by atoms with Gasteiger partial charge in [-0.3, -0.25) is 9.69 Å². The molecule has 4 aromatic carbocycles. The van der Waals surface area contributed by atoms with Crippen molar-refractivity contribution >= 4 is 22.4 Å². The molecule has 1 amide bonds. The van der Waals surface area contributed by atoms with Crippen molar-refractivity contribution in [3.05, 3.63) is 96.1 Å². The largest absolute Gasteiger partial charge is 0.492 e. The van der Waals surface area contributed by atoms with Crippen LogP contribution < -0.4 is 10.1 Å². The van der Waals surface area contributed by atoms with Crippen molar-refractivity contribution in [3.63, 3.8) is 0 Å². The molecule has 0 spiro atoms. The smallest absolute Gasteiger partial charge is 0.255 e. The van der Waals surface area contributed by atoms with Gasteiger partial charge in [-0.2, -0.15) is 5.26 Å². The summed E-state index contributed by atoms with van der Waals surface area (Å²) in [6.45, 7) is 4.85. The zero-order valence-corrected chi connectivity index (χ0v) is 19.9. The van der Waals surface area contributed by atoms with Crippen LogP contribution in [-0.4, -0.2) is 50.3 Å². The lowest BCUT2D eigenvalue weighted by Gasteiger charge is -2.26. The van der Waals surface area contributed by atoms with Gasteiger partial charge in [-0.15, -0.1) is 0 Å². The van der Waals surface area contributed by atoms with Gasteiger partial charge in [0.2, 0.25) is 0 Å². The molecule has 1 heterocycles. The van der Waals surface area contributed by atoms with Crippen LogP contribution in [0.3, 0.4) is 0 Å². The molecule has 0 aromatic heterocycles. The summed E-state index contributed by atoms with van der Waals surface area (Å²) in [5.74, 6) is 0.607. The lowest BCUT2D eigenvalue weighted by Crippen LogP contribution is -2.38. The molecule has 1 aliphatic heterocycles. The van der Waals surface area contributed by atoms with Crippen LogP contribution in [0.4, 0.5) is 5.69 Å². The number of amides is 1. The molecule has 0 aliphatic carbocycles. The maximum Gasteiger partial charge on any atom is 0.255 e. The molecule has 1 saturated heterocycles. The van der Waals surface area contributed by atoms with E-state index in [0.29, 0.717) is 17.7 Å². The van der Waals surface area contributed by atoms with Gasteiger partial charge in [0, 0.05) is 41.7 Å². The Morgan fingerprint density at radius 3 is 2.47 bits per heavy atom. The number of benzene rings is 4. The molecule has 6 heteroatoms. The van der Waals surface area contributed by atoms with Crippen molar-refractivity contribution in [1.82, 2.24) is 4.90 Å². The van der Waals surface area contributed by atoms with Gasteiger partial charge in [0.15, 0.2) is 0 Å². The van der Waals surface area contributed by atoms with Crippen LogP contribution in [0.15, 0.2) is 84.9 Å². The first-order chi connectivity index (χ1) is 17.7. The topological polar surface area (TPSA) is 74.6 Å². The van der Waals surface area contributed by atoms with Gasteiger partial charge in [0.1, 0.15) is 12.4 Å². The summed E-state index contributed by atoms with van der Waals surface area (Å²) >= 11 is 0. The molecule has 180 valence electrons. The van der Waals surface area contributed by atoms with Gasteiger partial charge in [-0.1, -0.05) is 48.5 Å². The van der Waals surface area contributed by atoms with Crippen LogP contribution >= 0.6 is 0 Å². The predicted molar refractivity (Wildman–Crippen MR) is 141 cm³/mol. The second-order valence-corrected chi connectivity index (χ2v) is 8.69. The van der Waals surface area contributed by atoms with Gasteiger partial charge in [0.25, 0.3) is 5.91 Å². The number of hydrogen-bond donors (Lipinski definition) is 1. The number of ether oxygens (including phenoxy) is 2. The molecule has 1 N–H and O–H groups in total. The number of carbonyl (C=O) groups is 1. The Balaban J connectivity index is 1.33. The first-order valence-electron chi connectivity index (χ1n) is 12.1. The van der Waals surface area contributed by atoms with Crippen molar-refractivity contribution in [1.29, 1.82) is 5.26 Å². The highest BCUT2D eigenvalue weighted by Crippen LogP contribution is 2.32. The molecule has 4 aromatic rings. The number of nitrogens with one attached hydrogen (secondary N) is 1. The third-order valence-electron chi connectivity index (χ3n) is 6.35. The molecule has 36 heavy (non-hydrogen) atoms. The van der Waals surface area contributed by atoms with Crippen LogP contribution in [0.2, 0.25) is 0 Å². The van der Waals surface area contributed by atoms with Crippen molar-refractivity contribution in [2.75, 3.05) is 44.8 Å². The van der Waals surface area contributed by atoms with E-state index >= 15 is 0 Å². The Bertz CT molecular complexity index is 1420. The number of fused-ring (bicyclic) bond motifs is 1. The van der Waals surface area contributed by atoms with Gasteiger partial charge in [-0.05, 0) is 47.5 Å². The molecule has 5 rings (SSSR count). The summed E-state index contributed by atoms with van der Waals surface area (Å²) in [5.41, 5.74) is 3.64. The maximum atomic E-state index is 13.2. The normalized spacial score (nSPS) is 13.8. The number of nitrogens with zero attached hydrogens (tertiary/aromatic N) is 2. The second kappa shape index (κ2) is 11.0. The minimum atomic E-state index is -0.195. The predicted octanol–water partition coefficient (Wildman–Crippen LogP) is 5.34. The fourth-order valence-electron chi connectivity index (χ4n) is 4.42. The van der Waals surface area contributed by atoms with Crippen molar-refractivity contribution < 1.29 is 14.3 Å². The lowest BCUT2D eigenvalue weighted by molar-refractivity contribution is 0.0323. The fourth-order valence-corrected chi connectivity index (χ4v) is 4.42. The average Bonchev–Trinajstić information content (AvgIpc) is 2.95. The van der Waals surface area contributed by atoms with Crippen LogP contribution in [0, 0.1) is 11.3 Å². The minimum absolute atomic E-state index is 0.195. The minimum Gasteiger partial charge on any atom is -0.492 e. The van der Waals surface area contributed by atoms with Gasteiger partial charge < -0.3 is 14.8 Å². The SMILES string of the molecule is N#Cc1cccc(-c2cccc(C(=O)Nc3ccc(OCCN4CCOCC4)c4ccccc34)c2)c1. The number of morpholine rings is 1. The zero-order chi connectivity index (χ0) is 24.7.